The fourth-order valence-electron chi connectivity index (χ4n) is 1.60. The first-order valence-electron chi connectivity index (χ1n) is 6.12. The zero-order valence-corrected chi connectivity index (χ0v) is 11.0. The molecule has 2 unspecified atom stereocenters. The van der Waals surface area contributed by atoms with Gasteiger partial charge in [0.1, 0.15) is 6.04 Å². The Kier molecular flexibility index (Phi) is 5.70. The van der Waals surface area contributed by atoms with Crippen LogP contribution < -0.4 is 5.32 Å². The van der Waals surface area contributed by atoms with Gasteiger partial charge < -0.3 is 20.5 Å². The Morgan fingerprint density at radius 1 is 1.40 bits per heavy atom. The first-order chi connectivity index (χ1) is 9.40. The summed E-state index contributed by atoms with van der Waals surface area (Å²) in [6.45, 7) is 1.56. The van der Waals surface area contributed by atoms with Gasteiger partial charge in [-0.2, -0.15) is 0 Å². The van der Waals surface area contributed by atoms with E-state index in [2.05, 4.69) is 15.3 Å². The Balaban J connectivity index is 2.54. The largest absolute Gasteiger partial charge is 0.481 e. The molecule has 1 amide bonds. The van der Waals surface area contributed by atoms with E-state index in [1.807, 2.05) is 0 Å². The smallest absolute Gasteiger partial charge is 0.326 e. The number of nitrogens with zero attached hydrogens (tertiary/aromatic N) is 1. The van der Waals surface area contributed by atoms with Crippen molar-refractivity contribution in [3.63, 3.8) is 0 Å². The Hall–Kier alpha value is -2.38. The van der Waals surface area contributed by atoms with Crippen LogP contribution in [0.3, 0.4) is 0 Å². The molecule has 0 saturated carbocycles. The zero-order valence-electron chi connectivity index (χ0n) is 11.0. The van der Waals surface area contributed by atoms with E-state index in [1.165, 1.54) is 12.5 Å². The zero-order chi connectivity index (χ0) is 15.1. The van der Waals surface area contributed by atoms with E-state index in [1.54, 1.807) is 6.92 Å². The minimum Gasteiger partial charge on any atom is -0.481 e. The molecule has 0 bridgehead atoms. The molecule has 0 saturated heterocycles. The van der Waals surface area contributed by atoms with Crippen molar-refractivity contribution in [1.29, 1.82) is 0 Å². The molecule has 8 heteroatoms. The summed E-state index contributed by atoms with van der Waals surface area (Å²) < 4.78 is 0. The average Bonchev–Trinajstić information content (AvgIpc) is 2.87. The third kappa shape index (κ3) is 5.09. The summed E-state index contributed by atoms with van der Waals surface area (Å²) in [5.74, 6) is -3.18. The normalized spacial score (nSPS) is 13.4. The van der Waals surface area contributed by atoms with Gasteiger partial charge in [0.05, 0.1) is 6.33 Å². The van der Waals surface area contributed by atoms with Crippen LogP contribution in [-0.4, -0.2) is 44.1 Å². The van der Waals surface area contributed by atoms with Crippen LogP contribution in [0.2, 0.25) is 0 Å². The van der Waals surface area contributed by atoms with Crippen molar-refractivity contribution in [3.8, 4) is 0 Å². The minimum absolute atomic E-state index is 0.0900. The monoisotopic (exact) mass is 283 g/mol. The third-order valence-corrected chi connectivity index (χ3v) is 2.83. The lowest BCUT2D eigenvalue weighted by Gasteiger charge is -2.16. The van der Waals surface area contributed by atoms with Gasteiger partial charge in [-0.15, -0.1) is 0 Å². The number of carbonyl (C=O) groups is 3. The molecule has 2 atom stereocenters. The number of carbonyl (C=O) groups excluding carboxylic acids is 1. The van der Waals surface area contributed by atoms with Crippen LogP contribution in [0.1, 0.15) is 25.5 Å². The molecule has 0 spiro atoms. The van der Waals surface area contributed by atoms with E-state index in [-0.39, 0.29) is 19.3 Å². The van der Waals surface area contributed by atoms with Crippen molar-refractivity contribution in [2.75, 3.05) is 0 Å². The predicted molar refractivity (Wildman–Crippen MR) is 67.9 cm³/mol. The lowest BCUT2D eigenvalue weighted by atomic mass is 10.0. The molecule has 4 N–H and O–H groups in total. The van der Waals surface area contributed by atoms with Gasteiger partial charge in [-0.05, 0) is 6.42 Å². The molecule has 1 rings (SSSR count). The number of imidazole rings is 1. The lowest BCUT2D eigenvalue weighted by Crippen LogP contribution is -2.44. The number of H-pyrrole nitrogens is 1. The first kappa shape index (κ1) is 15.7. The summed E-state index contributed by atoms with van der Waals surface area (Å²) in [6.07, 6.45) is 3.03. The van der Waals surface area contributed by atoms with Gasteiger partial charge >= 0.3 is 11.9 Å². The van der Waals surface area contributed by atoms with Crippen molar-refractivity contribution in [1.82, 2.24) is 15.3 Å². The van der Waals surface area contributed by atoms with Crippen LogP contribution in [0, 0.1) is 5.92 Å². The van der Waals surface area contributed by atoms with Crippen molar-refractivity contribution >= 4 is 17.8 Å². The second-order valence-electron chi connectivity index (χ2n) is 4.51. The Bertz CT molecular complexity index is 471. The van der Waals surface area contributed by atoms with Crippen LogP contribution in [-0.2, 0) is 20.8 Å². The van der Waals surface area contributed by atoms with Crippen LogP contribution in [0.5, 0.6) is 0 Å². The summed E-state index contributed by atoms with van der Waals surface area (Å²) in [4.78, 5) is 39.9. The number of amides is 1. The summed E-state index contributed by atoms with van der Waals surface area (Å²) in [6, 6.07) is -1.07. The van der Waals surface area contributed by atoms with Gasteiger partial charge in [-0.25, -0.2) is 9.78 Å². The number of nitrogens with one attached hydrogen (secondary N) is 2. The van der Waals surface area contributed by atoms with E-state index >= 15 is 0 Å². The van der Waals surface area contributed by atoms with Crippen molar-refractivity contribution in [3.05, 3.63) is 18.2 Å². The highest BCUT2D eigenvalue weighted by Gasteiger charge is 2.24. The number of aliphatic carboxylic acids is 2. The number of rotatable bonds is 8. The van der Waals surface area contributed by atoms with Crippen molar-refractivity contribution in [2.24, 2.45) is 5.92 Å². The SMILES string of the molecule is CC(CCC(=O)O)C(=O)NC(Cc1cnc[nH]1)C(=O)O. The highest BCUT2D eigenvalue weighted by Crippen LogP contribution is 2.07. The summed E-state index contributed by atoms with van der Waals surface area (Å²) in [5.41, 5.74) is 0.593. The van der Waals surface area contributed by atoms with Gasteiger partial charge in [-0.3, -0.25) is 9.59 Å². The average molecular weight is 283 g/mol. The number of hydrogen-bond acceptors (Lipinski definition) is 4. The molecule has 0 radical (unpaired) electrons. The third-order valence-electron chi connectivity index (χ3n) is 2.83. The molecule has 1 aromatic rings. The number of aromatic amines is 1. The number of carboxylic acid groups (broad SMARTS) is 2. The van der Waals surface area contributed by atoms with Gasteiger partial charge in [0.25, 0.3) is 0 Å². The first-order valence-corrected chi connectivity index (χ1v) is 6.12. The Labute approximate surface area is 115 Å². The van der Waals surface area contributed by atoms with E-state index < -0.39 is 29.8 Å². The standard InChI is InChI=1S/C12H17N3O5/c1-7(2-3-10(16)17)11(18)15-9(12(19)20)4-8-5-13-6-14-8/h5-7,9H,2-4H2,1H3,(H,13,14)(H,15,18)(H,16,17)(H,19,20). The molecular weight excluding hydrogens is 266 g/mol. The molecule has 110 valence electrons. The molecule has 0 aliphatic rings. The quantitative estimate of drug-likeness (QED) is 0.531. The fraction of sp³-hybridized carbons (Fsp3) is 0.500. The van der Waals surface area contributed by atoms with Gasteiger partial charge in [0.15, 0.2) is 0 Å². The highest BCUT2D eigenvalue weighted by molar-refractivity contribution is 5.85. The maximum atomic E-state index is 11.8. The lowest BCUT2D eigenvalue weighted by molar-refractivity contribution is -0.143. The van der Waals surface area contributed by atoms with Crippen molar-refractivity contribution in [2.45, 2.75) is 32.2 Å². The summed E-state index contributed by atoms with van der Waals surface area (Å²) in [7, 11) is 0. The van der Waals surface area contributed by atoms with Gasteiger partial charge in [0.2, 0.25) is 5.91 Å². The molecular formula is C12H17N3O5. The number of hydrogen-bond donors (Lipinski definition) is 4. The van der Waals surface area contributed by atoms with E-state index in [9.17, 15) is 14.4 Å². The topological polar surface area (TPSA) is 132 Å². The minimum atomic E-state index is -1.15. The molecule has 1 heterocycles. The molecule has 0 aliphatic carbocycles. The molecule has 0 fully saturated rings. The molecule has 0 aromatic carbocycles. The van der Waals surface area contributed by atoms with E-state index in [0.29, 0.717) is 5.69 Å². The summed E-state index contributed by atoms with van der Waals surface area (Å²) in [5, 5.41) is 20.0. The molecule has 20 heavy (non-hydrogen) atoms. The Morgan fingerprint density at radius 2 is 2.10 bits per heavy atom. The van der Waals surface area contributed by atoms with Gasteiger partial charge in [0, 0.05) is 30.7 Å². The second-order valence-corrected chi connectivity index (χ2v) is 4.51. The van der Waals surface area contributed by atoms with Crippen LogP contribution in [0.4, 0.5) is 0 Å². The van der Waals surface area contributed by atoms with E-state index in [0.717, 1.165) is 0 Å². The van der Waals surface area contributed by atoms with E-state index in [4.69, 9.17) is 10.2 Å². The predicted octanol–water partition coefficient (Wildman–Crippen LogP) is 0.0225. The van der Waals surface area contributed by atoms with Crippen LogP contribution in [0.25, 0.3) is 0 Å². The Morgan fingerprint density at radius 3 is 2.60 bits per heavy atom. The second kappa shape index (κ2) is 7.27. The van der Waals surface area contributed by atoms with Gasteiger partial charge in [-0.1, -0.05) is 6.92 Å². The highest BCUT2D eigenvalue weighted by atomic mass is 16.4. The number of carboxylic acids is 2. The van der Waals surface area contributed by atoms with Crippen molar-refractivity contribution < 1.29 is 24.6 Å². The van der Waals surface area contributed by atoms with Crippen LogP contribution in [0.15, 0.2) is 12.5 Å². The molecule has 8 nitrogen and oxygen atoms in total. The molecule has 0 aliphatic heterocycles. The van der Waals surface area contributed by atoms with Crippen LogP contribution >= 0.6 is 0 Å². The number of aromatic nitrogens is 2. The fourth-order valence-corrected chi connectivity index (χ4v) is 1.60. The summed E-state index contributed by atoms with van der Waals surface area (Å²) >= 11 is 0. The maximum Gasteiger partial charge on any atom is 0.326 e. The maximum absolute atomic E-state index is 11.8. The molecule has 1 aromatic heterocycles.